The molecule has 0 aromatic heterocycles. The molecule has 5 nitrogen and oxygen atoms in total. The maximum atomic E-state index is 13.3. The topological polar surface area (TPSA) is 55.8 Å². The number of rotatable bonds is 4. The van der Waals surface area contributed by atoms with Gasteiger partial charge in [0.25, 0.3) is 11.8 Å². The molecule has 2 aromatic rings. The summed E-state index contributed by atoms with van der Waals surface area (Å²) in [6, 6.07) is 8.90. The van der Waals surface area contributed by atoms with E-state index in [2.05, 4.69) is 0 Å². The van der Waals surface area contributed by atoms with Crippen molar-refractivity contribution < 1.29 is 23.5 Å². The number of fused-ring (bicyclic) bond motifs is 1. The van der Waals surface area contributed by atoms with Crippen LogP contribution in [0.15, 0.2) is 36.4 Å². The molecule has 0 unspecified atom stereocenters. The molecule has 6 heteroatoms. The summed E-state index contributed by atoms with van der Waals surface area (Å²) in [5.74, 6) is -0.733. The lowest BCUT2D eigenvalue weighted by molar-refractivity contribution is 0.0641. The Kier molecular flexibility index (Phi) is 3.73. The van der Waals surface area contributed by atoms with Gasteiger partial charge in [0.15, 0.2) is 11.5 Å². The van der Waals surface area contributed by atoms with Gasteiger partial charge in [0.2, 0.25) is 0 Å². The molecule has 0 aliphatic carbocycles. The van der Waals surface area contributed by atoms with Crippen LogP contribution in [0.4, 0.5) is 4.39 Å². The molecule has 2 amide bonds. The number of benzene rings is 2. The first-order valence-electron chi connectivity index (χ1n) is 6.92. The number of carbonyl (C=O) groups excluding carboxylic acids is 2. The van der Waals surface area contributed by atoms with Gasteiger partial charge < -0.3 is 9.47 Å². The van der Waals surface area contributed by atoms with Gasteiger partial charge in [-0.3, -0.25) is 14.5 Å². The highest BCUT2D eigenvalue weighted by Gasteiger charge is 2.39. The van der Waals surface area contributed by atoms with E-state index >= 15 is 0 Å². The molecule has 1 heterocycles. The summed E-state index contributed by atoms with van der Waals surface area (Å²) in [6.07, 6.45) is 0. The molecule has 118 valence electrons. The molecule has 0 saturated carbocycles. The molecule has 3 rings (SSSR count). The number of carbonyl (C=O) groups is 2. The molecule has 0 radical (unpaired) electrons. The van der Waals surface area contributed by atoms with Crippen LogP contribution in [0.2, 0.25) is 0 Å². The number of halogens is 1. The van der Waals surface area contributed by atoms with Crippen molar-refractivity contribution in [3.05, 3.63) is 58.9 Å². The van der Waals surface area contributed by atoms with E-state index in [0.29, 0.717) is 11.3 Å². The molecule has 0 spiro atoms. The quantitative estimate of drug-likeness (QED) is 0.814. The Morgan fingerprint density at radius 2 is 1.83 bits per heavy atom. The number of hydrogen-bond acceptors (Lipinski definition) is 4. The molecular weight excluding hydrogens is 301 g/mol. The summed E-state index contributed by atoms with van der Waals surface area (Å²) in [7, 11) is 2.86. The minimum Gasteiger partial charge on any atom is -0.493 e. The van der Waals surface area contributed by atoms with Crippen molar-refractivity contribution in [2.75, 3.05) is 14.2 Å². The summed E-state index contributed by atoms with van der Waals surface area (Å²) in [4.78, 5) is 26.2. The summed E-state index contributed by atoms with van der Waals surface area (Å²) < 4.78 is 23.7. The monoisotopic (exact) mass is 315 g/mol. The van der Waals surface area contributed by atoms with Gasteiger partial charge in [0.1, 0.15) is 5.82 Å². The van der Waals surface area contributed by atoms with E-state index in [0.717, 1.165) is 4.90 Å². The number of ether oxygens (including phenoxy) is 2. The van der Waals surface area contributed by atoms with E-state index < -0.39 is 17.6 Å². The fourth-order valence-electron chi connectivity index (χ4n) is 2.65. The number of amides is 2. The highest BCUT2D eigenvalue weighted by Crippen LogP contribution is 2.38. The van der Waals surface area contributed by atoms with E-state index in [4.69, 9.17) is 9.47 Å². The second kappa shape index (κ2) is 5.72. The van der Waals surface area contributed by atoms with Gasteiger partial charge in [-0.2, -0.15) is 0 Å². The summed E-state index contributed by atoms with van der Waals surface area (Å²) in [6.45, 7) is -0.00439. The van der Waals surface area contributed by atoms with E-state index in [1.165, 1.54) is 38.5 Å². The largest absolute Gasteiger partial charge is 0.493 e. The van der Waals surface area contributed by atoms with Crippen LogP contribution in [0.3, 0.4) is 0 Å². The van der Waals surface area contributed by atoms with E-state index in [-0.39, 0.29) is 23.4 Å². The minimum absolute atomic E-state index is 0.00439. The maximum Gasteiger partial charge on any atom is 0.265 e. The molecule has 1 aliphatic heterocycles. The molecule has 1 aliphatic rings. The fourth-order valence-corrected chi connectivity index (χ4v) is 2.65. The maximum absolute atomic E-state index is 13.3. The third kappa shape index (κ3) is 2.42. The van der Waals surface area contributed by atoms with Gasteiger partial charge in [-0.15, -0.1) is 0 Å². The number of methoxy groups -OCH3 is 2. The Balaban J connectivity index is 2.00. The Morgan fingerprint density at radius 1 is 1.04 bits per heavy atom. The van der Waals surface area contributed by atoms with Crippen LogP contribution < -0.4 is 9.47 Å². The van der Waals surface area contributed by atoms with Crippen LogP contribution in [0, 0.1) is 5.82 Å². The smallest absolute Gasteiger partial charge is 0.265 e. The van der Waals surface area contributed by atoms with Crippen molar-refractivity contribution in [2.45, 2.75) is 6.54 Å². The predicted octanol–water partition coefficient (Wildman–Crippen LogP) is 2.64. The van der Waals surface area contributed by atoms with Crippen molar-refractivity contribution in [3.63, 3.8) is 0 Å². The summed E-state index contributed by atoms with van der Waals surface area (Å²) >= 11 is 0. The van der Waals surface area contributed by atoms with Crippen molar-refractivity contribution in [3.8, 4) is 11.5 Å². The summed E-state index contributed by atoms with van der Waals surface area (Å²) in [5, 5.41) is 0. The van der Waals surface area contributed by atoms with Gasteiger partial charge in [0, 0.05) is 0 Å². The molecular formula is C17H14FNO4. The lowest BCUT2D eigenvalue weighted by atomic mass is 10.1. The van der Waals surface area contributed by atoms with Crippen molar-refractivity contribution in [2.24, 2.45) is 0 Å². The van der Waals surface area contributed by atoms with Gasteiger partial charge in [-0.25, -0.2) is 4.39 Å². The minimum atomic E-state index is -0.481. The number of imide groups is 1. The second-order valence-electron chi connectivity index (χ2n) is 5.05. The highest BCUT2D eigenvalue weighted by molar-refractivity contribution is 6.22. The summed E-state index contributed by atoms with van der Waals surface area (Å²) in [5.41, 5.74) is 0.961. The van der Waals surface area contributed by atoms with E-state index in [9.17, 15) is 14.0 Å². The van der Waals surface area contributed by atoms with E-state index in [1.807, 2.05) is 0 Å². The van der Waals surface area contributed by atoms with Crippen molar-refractivity contribution in [1.82, 2.24) is 4.90 Å². The first-order chi connectivity index (χ1) is 11.1. The van der Waals surface area contributed by atoms with Gasteiger partial charge in [-0.05, 0) is 29.8 Å². The molecule has 23 heavy (non-hydrogen) atoms. The first kappa shape index (κ1) is 15.0. The number of hydrogen-bond donors (Lipinski definition) is 0. The average molecular weight is 315 g/mol. The average Bonchev–Trinajstić information content (AvgIpc) is 2.79. The van der Waals surface area contributed by atoms with Crippen LogP contribution in [0.5, 0.6) is 11.5 Å². The third-order valence-electron chi connectivity index (χ3n) is 3.71. The van der Waals surface area contributed by atoms with Gasteiger partial charge in [0.05, 0.1) is 31.9 Å². The van der Waals surface area contributed by atoms with Crippen LogP contribution in [-0.4, -0.2) is 30.9 Å². The molecule has 0 atom stereocenters. The zero-order valence-corrected chi connectivity index (χ0v) is 12.6. The zero-order chi connectivity index (χ0) is 16.6. The predicted molar refractivity (Wildman–Crippen MR) is 80.2 cm³/mol. The Morgan fingerprint density at radius 3 is 2.48 bits per heavy atom. The van der Waals surface area contributed by atoms with Crippen molar-refractivity contribution in [1.29, 1.82) is 0 Å². The van der Waals surface area contributed by atoms with Crippen LogP contribution >= 0.6 is 0 Å². The van der Waals surface area contributed by atoms with Crippen LogP contribution in [-0.2, 0) is 6.54 Å². The van der Waals surface area contributed by atoms with E-state index in [1.54, 1.807) is 12.1 Å². The SMILES string of the molecule is COc1ccc2c(c1OC)C(=O)N(Cc1cccc(F)c1)C2=O. The lowest BCUT2D eigenvalue weighted by Gasteiger charge is -2.14. The lowest BCUT2D eigenvalue weighted by Crippen LogP contribution is -2.29. The molecule has 0 saturated heterocycles. The second-order valence-corrected chi connectivity index (χ2v) is 5.05. The molecule has 0 fully saturated rings. The fraction of sp³-hybridized carbons (Fsp3) is 0.176. The number of nitrogens with zero attached hydrogens (tertiary/aromatic N) is 1. The van der Waals surface area contributed by atoms with Gasteiger partial charge >= 0.3 is 0 Å². The first-order valence-corrected chi connectivity index (χ1v) is 6.92. The normalized spacial score (nSPS) is 13.3. The standard InChI is InChI=1S/C17H14FNO4/c1-22-13-7-6-12-14(15(13)23-2)17(21)19(16(12)20)9-10-4-3-5-11(18)8-10/h3-8H,9H2,1-2H3. The van der Waals surface area contributed by atoms with Crippen LogP contribution in [0.25, 0.3) is 0 Å². The Labute approximate surface area is 132 Å². The van der Waals surface area contributed by atoms with Crippen molar-refractivity contribution >= 4 is 11.8 Å². The molecule has 2 aromatic carbocycles. The van der Waals surface area contributed by atoms with Gasteiger partial charge in [-0.1, -0.05) is 12.1 Å². The highest BCUT2D eigenvalue weighted by atomic mass is 19.1. The third-order valence-corrected chi connectivity index (χ3v) is 3.71. The Hall–Kier alpha value is -2.89. The zero-order valence-electron chi connectivity index (χ0n) is 12.6. The molecule has 0 N–H and O–H groups in total. The Bertz CT molecular complexity index is 803. The molecule has 0 bridgehead atoms. The van der Waals surface area contributed by atoms with Crippen LogP contribution in [0.1, 0.15) is 26.3 Å².